The van der Waals surface area contributed by atoms with Gasteiger partial charge in [0.1, 0.15) is 4.88 Å². The lowest BCUT2D eigenvalue weighted by molar-refractivity contribution is 0.0531. The lowest BCUT2D eigenvalue weighted by atomic mass is 10.3. The van der Waals surface area contributed by atoms with Crippen LogP contribution in [0.2, 0.25) is 0 Å². The van der Waals surface area contributed by atoms with Gasteiger partial charge >= 0.3 is 5.97 Å². The van der Waals surface area contributed by atoms with Crippen molar-refractivity contribution < 1.29 is 9.53 Å². The van der Waals surface area contributed by atoms with Crippen molar-refractivity contribution in [2.24, 2.45) is 0 Å². The molecule has 0 aliphatic heterocycles. The van der Waals surface area contributed by atoms with Gasteiger partial charge < -0.3 is 10.1 Å². The molecule has 0 saturated carbocycles. The van der Waals surface area contributed by atoms with Gasteiger partial charge in [-0.25, -0.2) is 9.78 Å². The Morgan fingerprint density at radius 2 is 2.32 bits per heavy atom. The number of carbonyl (C=O) groups is 1. The number of nitrogens with one attached hydrogen (secondary N) is 1. The highest BCUT2D eigenvalue weighted by atomic mass is 79.9. The molecule has 0 bridgehead atoms. The summed E-state index contributed by atoms with van der Waals surface area (Å²) in [6, 6.07) is 7.76. The van der Waals surface area contributed by atoms with Crippen molar-refractivity contribution in [3.05, 3.63) is 39.3 Å². The average Bonchev–Trinajstić information content (AvgIpc) is 2.70. The van der Waals surface area contributed by atoms with Crippen LogP contribution in [-0.4, -0.2) is 17.6 Å². The Morgan fingerprint density at radius 3 is 3.00 bits per heavy atom. The molecule has 100 valence electrons. The predicted octanol–water partition coefficient (Wildman–Crippen LogP) is 4.13. The molecule has 1 aromatic carbocycles. The molecule has 0 atom stereocenters. The number of carbonyl (C=O) groups excluding carboxylic acids is 1. The van der Waals surface area contributed by atoms with Crippen molar-refractivity contribution >= 4 is 44.1 Å². The number of esters is 1. The fourth-order valence-corrected chi connectivity index (χ4v) is 2.81. The lowest BCUT2D eigenvalue weighted by Gasteiger charge is -2.02. The summed E-state index contributed by atoms with van der Waals surface area (Å²) in [4.78, 5) is 16.6. The number of hydrogen-bond donors (Lipinski definition) is 1. The normalized spacial score (nSPS) is 10.3. The van der Waals surface area contributed by atoms with E-state index in [4.69, 9.17) is 4.74 Å². The van der Waals surface area contributed by atoms with Gasteiger partial charge in [-0.1, -0.05) is 33.3 Å². The predicted molar refractivity (Wildman–Crippen MR) is 80.2 cm³/mol. The molecule has 0 fully saturated rings. The first-order valence-corrected chi connectivity index (χ1v) is 7.38. The summed E-state index contributed by atoms with van der Waals surface area (Å²) < 4.78 is 5.97. The fourth-order valence-electron chi connectivity index (χ4n) is 1.53. The fraction of sp³-hybridized carbons (Fsp3) is 0.231. The Kier molecular flexibility index (Phi) is 4.55. The molecule has 0 aliphatic rings. The van der Waals surface area contributed by atoms with Crippen LogP contribution in [0.25, 0.3) is 0 Å². The molecule has 4 nitrogen and oxygen atoms in total. The van der Waals surface area contributed by atoms with E-state index in [1.54, 1.807) is 13.8 Å². The van der Waals surface area contributed by atoms with Gasteiger partial charge in [-0.3, -0.25) is 0 Å². The number of rotatable bonds is 4. The van der Waals surface area contributed by atoms with E-state index in [1.807, 2.05) is 24.3 Å². The van der Waals surface area contributed by atoms with Crippen LogP contribution in [0.15, 0.2) is 28.7 Å². The van der Waals surface area contributed by atoms with Crippen LogP contribution in [0.4, 0.5) is 10.8 Å². The smallest absolute Gasteiger partial charge is 0.350 e. The molecule has 0 radical (unpaired) electrons. The third kappa shape index (κ3) is 3.54. The Labute approximate surface area is 124 Å². The molecule has 1 N–H and O–H groups in total. The molecule has 6 heteroatoms. The van der Waals surface area contributed by atoms with Crippen molar-refractivity contribution in [3.63, 3.8) is 0 Å². The first-order chi connectivity index (χ1) is 9.10. The molecular weight excluding hydrogens is 328 g/mol. The van der Waals surface area contributed by atoms with Gasteiger partial charge in [-0.2, -0.15) is 0 Å². The van der Waals surface area contributed by atoms with E-state index in [9.17, 15) is 4.79 Å². The van der Waals surface area contributed by atoms with Gasteiger partial charge in [0.2, 0.25) is 0 Å². The minimum absolute atomic E-state index is 0.320. The number of anilines is 2. The van der Waals surface area contributed by atoms with E-state index < -0.39 is 0 Å². The first-order valence-electron chi connectivity index (χ1n) is 5.77. The number of hydrogen-bond acceptors (Lipinski definition) is 5. The van der Waals surface area contributed by atoms with Crippen LogP contribution in [0.3, 0.4) is 0 Å². The molecule has 0 aliphatic carbocycles. The Morgan fingerprint density at radius 1 is 1.53 bits per heavy atom. The first kappa shape index (κ1) is 14.0. The zero-order valence-electron chi connectivity index (χ0n) is 10.6. The van der Waals surface area contributed by atoms with Gasteiger partial charge in [0.25, 0.3) is 0 Å². The second-order valence-electron chi connectivity index (χ2n) is 3.79. The monoisotopic (exact) mass is 340 g/mol. The highest BCUT2D eigenvalue weighted by Gasteiger charge is 2.16. The third-order valence-corrected chi connectivity index (χ3v) is 3.88. The average molecular weight is 341 g/mol. The minimum Gasteiger partial charge on any atom is -0.462 e. The number of aromatic nitrogens is 1. The highest BCUT2D eigenvalue weighted by molar-refractivity contribution is 9.10. The van der Waals surface area contributed by atoms with Crippen LogP contribution in [0, 0.1) is 6.92 Å². The summed E-state index contributed by atoms with van der Waals surface area (Å²) in [7, 11) is 0. The quantitative estimate of drug-likeness (QED) is 0.850. The maximum atomic E-state index is 11.7. The molecule has 0 spiro atoms. The van der Waals surface area contributed by atoms with Crippen molar-refractivity contribution in [1.29, 1.82) is 0 Å². The Bertz CT molecular complexity index is 598. The molecule has 1 aromatic heterocycles. The number of aryl methyl sites for hydroxylation is 1. The highest BCUT2D eigenvalue weighted by Crippen LogP contribution is 2.27. The van der Waals surface area contributed by atoms with E-state index in [0.29, 0.717) is 22.3 Å². The van der Waals surface area contributed by atoms with Crippen molar-refractivity contribution in [2.45, 2.75) is 13.8 Å². The molecule has 0 unspecified atom stereocenters. The number of nitrogens with zero attached hydrogens (tertiary/aromatic N) is 1. The van der Waals surface area contributed by atoms with Crippen molar-refractivity contribution in [3.8, 4) is 0 Å². The van der Waals surface area contributed by atoms with E-state index in [2.05, 4.69) is 26.2 Å². The third-order valence-electron chi connectivity index (χ3n) is 2.33. The summed E-state index contributed by atoms with van der Waals surface area (Å²) in [5.74, 6) is -0.320. The molecule has 1 heterocycles. The van der Waals surface area contributed by atoms with Crippen LogP contribution in [0.1, 0.15) is 22.3 Å². The second kappa shape index (κ2) is 6.16. The van der Waals surface area contributed by atoms with E-state index in [0.717, 1.165) is 10.2 Å². The maximum absolute atomic E-state index is 11.7. The zero-order valence-corrected chi connectivity index (χ0v) is 13.0. The SMILES string of the molecule is CCOC(=O)c1sc(Nc2cccc(Br)c2)nc1C. The second-order valence-corrected chi connectivity index (χ2v) is 5.70. The van der Waals surface area contributed by atoms with Crippen LogP contribution in [-0.2, 0) is 4.74 Å². The zero-order chi connectivity index (χ0) is 13.8. The summed E-state index contributed by atoms with van der Waals surface area (Å²) in [6.07, 6.45) is 0. The molecule has 0 amide bonds. The standard InChI is InChI=1S/C13H13BrN2O2S/c1-3-18-12(17)11-8(2)15-13(19-11)16-10-6-4-5-9(14)7-10/h4-7H,3H2,1-2H3,(H,15,16). The van der Waals surface area contributed by atoms with Gasteiger partial charge in [0.05, 0.1) is 12.3 Å². The Hall–Kier alpha value is -1.40. The summed E-state index contributed by atoms with van der Waals surface area (Å²) in [6.45, 7) is 3.95. The van der Waals surface area contributed by atoms with Crippen LogP contribution in [0.5, 0.6) is 0 Å². The summed E-state index contributed by atoms with van der Waals surface area (Å²) in [5.41, 5.74) is 1.60. The van der Waals surface area contributed by atoms with Gasteiger partial charge in [0.15, 0.2) is 5.13 Å². The lowest BCUT2D eigenvalue weighted by Crippen LogP contribution is -2.03. The molecular formula is C13H13BrN2O2S. The summed E-state index contributed by atoms with van der Waals surface area (Å²) >= 11 is 4.70. The van der Waals surface area contributed by atoms with Crippen LogP contribution >= 0.6 is 27.3 Å². The minimum atomic E-state index is -0.320. The maximum Gasteiger partial charge on any atom is 0.350 e. The Balaban J connectivity index is 2.18. The number of thiazole rings is 1. The topological polar surface area (TPSA) is 51.2 Å². The number of ether oxygens (including phenoxy) is 1. The van der Waals surface area contributed by atoms with Gasteiger partial charge in [-0.05, 0) is 32.0 Å². The van der Waals surface area contributed by atoms with E-state index in [1.165, 1.54) is 11.3 Å². The molecule has 2 aromatic rings. The van der Waals surface area contributed by atoms with E-state index in [-0.39, 0.29) is 5.97 Å². The van der Waals surface area contributed by atoms with Gasteiger partial charge in [-0.15, -0.1) is 0 Å². The van der Waals surface area contributed by atoms with Crippen molar-refractivity contribution in [1.82, 2.24) is 4.98 Å². The van der Waals surface area contributed by atoms with E-state index >= 15 is 0 Å². The molecule has 19 heavy (non-hydrogen) atoms. The van der Waals surface area contributed by atoms with Gasteiger partial charge in [0, 0.05) is 10.2 Å². The van der Waals surface area contributed by atoms with Crippen LogP contribution < -0.4 is 5.32 Å². The number of halogens is 1. The molecule has 2 rings (SSSR count). The number of benzene rings is 1. The largest absolute Gasteiger partial charge is 0.462 e. The van der Waals surface area contributed by atoms with Crippen molar-refractivity contribution in [2.75, 3.05) is 11.9 Å². The molecule has 0 saturated heterocycles. The summed E-state index contributed by atoms with van der Waals surface area (Å²) in [5, 5.41) is 3.85.